The lowest BCUT2D eigenvalue weighted by molar-refractivity contribution is -0.122. The number of anilines is 1. The average molecular weight is 515 g/mol. The summed E-state index contributed by atoms with van der Waals surface area (Å²) in [6.07, 6.45) is 3.96. The van der Waals surface area contributed by atoms with Gasteiger partial charge in [-0.05, 0) is 62.2 Å². The van der Waals surface area contributed by atoms with Crippen molar-refractivity contribution in [3.05, 3.63) is 58.5 Å². The largest absolute Gasteiger partial charge is 0.508 e. The Morgan fingerprint density at radius 2 is 1.86 bits per heavy atom. The fourth-order valence-corrected chi connectivity index (χ4v) is 4.65. The number of nitrogens with one attached hydrogen (secondary N) is 1. The second-order valence-corrected chi connectivity index (χ2v) is 9.41. The molecule has 35 heavy (non-hydrogen) atoms. The Morgan fingerprint density at radius 1 is 1.11 bits per heavy atom. The number of esters is 1. The zero-order valence-electron chi connectivity index (χ0n) is 19.2. The number of hydrogen-bond donors (Lipinski definition) is 3. The molecule has 0 aliphatic carbocycles. The predicted molar refractivity (Wildman–Crippen MR) is 139 cm³/mol. The van der Waals surface area contributed by atoms with Crippen molar-refractivity contribution in [3.8, 4) is 11.5 Å². The second kappa shape index (κ2) is 12.4. The Kier molecular flexibility index (Phi) is 9.27. The van der Waals surface area contributed by atoms with Gasteiger partial charge < -0.3 is 20.3 Å². The number of phenolic OH excluding ortho intramolecular Hbond substituents is 2. The Balaban J connectivity index is 1.41. The highest BCUT2D eigenvalue weighted by Gasteiger charge is 2.31. The smallest absolute Gasteiger partial charge is 0.338 e. The van der Waals surface area contributed by atoms with Crippen molar-refractivity contribution in [2.75, 3.05) is 18.5 Å². The maximum Gasteiger partial charge on any atom is 0.338 e. The maximum atomic E-state index is 12.7. The van der Waals surface area contributed by atoms with Gasteiger partial charge in [0.1, 0.15) is 15.8 Å². The van der Waals surface area contributed by atoms with Crippen molar-refractivity contribution in [2.24, 2.45) is 0 Å². The van der Waals surface area contributed by atoms with Gasteiger partial charge in [0.15, 0.2) is 0 Å². The quantitative estimate of drug-likeness (QED) is 0.181. The van der Waals surface area contributed by atoms with Crippen LogP contribution in [0.25, 0.3) is 6.08 Å². The number of benzene rings is 2. The molecule has 2 aromatic carbocycles. The van der Waals surface area contributed by atoms with Crippen molar-refractivity contribution < 1.29 is 29.3 Å². The van der Waals surface area contributed by atoms with Gasteiger partial charge in [0, 0.05) is 30.3 Å². The molecule has 1 fully saturated rings. The molecule has 0 aromatic heterocycles. The first kappa shape index (κ1) is 26.2. The molecule has 1 saturated heterocycles. The number of carbonyl (C=O) groups excluding carboxylic acids is 3. The summed E-state index contributed by atoms with van der Waals surface area (Å²) in [6.45, 7) is 2.49. The molecule has 184 valence electrons. The summed E-state index contributed by atoms with van der Waals surface area (Å²) >= 11 is 6.50. The first-order valence-electron chi connectivity index (χ1n) is 11.1. The summed E-state index contributed by atoms with van der Waals surface area (Å²) < 4.78 is 5.38. The van der Waals surface area contributed by atoms with E-state index in [1.54, 1.807) is 37.3 Å². The number of ether oxygens (including phenoxy) is 1. The molecule has 0 radical (unpaired) electrons. The van der Waals surface area contributed by atoms with Crippen LogP contribution in [-0.4, -0.2) is 50.4 Å². The van der Waals surface area contributed by atoms with E-state index < -0.39 is 5.97 Å². The van der Waals surface area contributed by atoms with Gasteiger partial charge in [0.25, 0.3) is 5.91 Å². The fourth-order valence-electron chi connectivity index (χ4n) is 3.35. The number of thiocarbonyl (C=S) groups is 1. The van der Waals surface area contributed by atoms with Crippen LogP contribution in [0.2, 0.25) is 0 Å². The van der Waals surface area contributed by atoms with E-state index in [1.807, 2.05) is 0 Å². The van der Waals surface area contributed by atoms with Crippen molar-refractivity contribution in [2.45, 2.75) is 32.6 Å². The number of thioether (sulfide) groups is 1. The topological polar surface area (TPSA) is 116 Å². The van der Waals surface area contributed by atoms with Gasteiger partial charge in [-0.15, -0.1) is 0 Å². The lowest BCUT2D eigenvalue weighted by Gasteiger charge is -2.14. The van der Waals surface area contributed by atoms with Crippen LogP contribution in [0, 0.1) is 0 Å². The summed E-state index contributed by atoms with van der Waals surface area (Å²) in [7, 11) is 0. The molecule has 0 unspecified atom stereocenters. The Labute approximate surface area is 213 Å². The number of unbranched alkanes of at least 4 members (excludes halogenated alkanes) is 2. The van der Waals surface area contributed by atoms with E-state index >= 15 is 0 Å². The van der Waals surface area contributed by atoms with E-state index in [2.05, 4.69) is 5.32 Å². The first-order valence-corrected chi connectivity index (χ1v) is 12.4. The second-order valence-electron chi connectivity index (χ2n) is 7.73. The minimum Gasteiger partial charge on any atom is -0.508 e. The molecule has 1 heterocycles. The number of nitrogens with zero attached hydrogens (tertiary/aromatic N) is 1. The summed E-state index contributed by atoms with van der Waals surface area (Å²) in [6, 6.07) is 10.7. The summed E-state index contributed by atoms with van der Waals surface area (Å²) in [5.41, 5.74) is 1.45. The van der Waals surface area contributed by atoms with Crippen molar-refractivity contribution >= 4 is 57.8 Å². The van der Waals surface area contributed by atoms with Crippen LogP contribution >= 0.6 is 24.0 Å². The minimum absolute atomic E-state index is 0.0622. The first-order chi connectivity index (χ1) is 16.8. The number of carbonyl (C=O) groups is 3. The molecule has 2 aromatic rings. The molecule has 0 spiro atoms. The number of aromatic hydroxyl groups is 2. The van der Waals surface area contributed by atoms with E-state index in [0.29, 0.717) is 58.5 Å². The van der Waals surface area contributed by atoms with Crippen LogP contribution in [0.1, 0.15) is 48.5 Å². The lowest BCUT2D eigenvalue weighted by Crippen LogP contribution is -2.29. The summed E-state index contributed by atoms with van der Waals surface area (Å²) in [5, 5.41) is 22.1. The van der Waals surface area contributed by atoms with E-state index in [0.717, 1.165) is 6.42 Å². The van der Waals surface area contributed by atoms with Crippen LogP contribution in [-0.2, 0) is 14.3 Å². The predicted octanol–water partition coefficient (Wildman–Crippen LogP) is 4.67. The van der Waals surface area contributed by atoms with Crippen molar-refractivity contribution in [1.29, 1.82) is 0 Å². The molecule has 0 bridgehead atoms. The van der Waals surface area contributed by atoms with Crippen LogP contribution in [0.4, 0.5) is 5.69 Å². The normalized spacial score (nSPS) is 14.4. The van der Waals surface area contributed by atoms with Gasteiger partial charge in [0.2, 0.25) is 5.91 Å². The number of hydrogen-bond acceptors (Lipinski definition) is 8. The number of phenols is 2. The molecular weight excluding hydrogens is 488 g/mol. The number of amides is 2. The van der Waals surface area contributed by atoms with Crippen molar-refractivity contribution in [1.82, 2.24) is 4.90 Å². The highest BCUT2D eigenvalue weighted by molar-refractivity contribution is 8.26. The zero-order chi connectivity index (χ0) is 25.4. The van der Waals surface area contributed by atoms with Gasteiger partial charge in [-0.1, -0.05) is 30.4 Å². The van der Waals surface area contributed by atoms with Gasteiger partial charge in [0.05, 0.1) is 17.1 Å². The Bertz CT molecular complexity index is 1150. The fraction of sp³-hybridized carbons (Fsp3) is 0.280. The van der Waals surface area contributed by atoms with Crippen LogP contribution in [0.15, 0.2) is 47.4 Å². The molecule has 1 aliphatic rings. The van der Waals surface area contributed by atoms with Crippen LogP contribution in [0.3, 0.4) is 0 Å². The SMILES string of the molecule is CCOC(=O)c1ccc(NC(=O)CCCCCN2C(=O)/C(=C/c3ccc(O)cc3O)SC2=S)cc1. The van der Waals surface area contributed by atoms with E-state index in [4.69, 9.17) is 17.0 Å². The van der Waals surface area contributed by atoms with Crippen LogP contribution in [0.5, 0.6) is 11.5 Å². The molecule has 10 heteroatoms. The molecule has 0 saturated carbocycles. The third-order valence-corrected chi connectivity index (χ3v) is 6.52. The molecule has 3 N–H and O–H groups in total. The standard InChI is InChI=1S/C25H26N2O6S2/c1-2-33-24(32)16-7-10-18(11-8-16)26-22(30)6-4-3-5-13-27-23(31)21(35-25(27)34)14-17-9-12-19(28)15-20(17)29/h7-12,14-15,28-29H,2-6,13H2,1H3,(H,26,30)/b21-14-. The lowest BCUT2D eigenvalue weighted by atomic mass is 10.1. The van der Waals surface area contributed by atoms with E-state index in [1.165, 1.54) is 34.9 Å². The highest BCUT2D eigenvalue weighted by Crippen LogP contribution is 2.35. The van der Waals surface area contributed by atoms with Crippen LogP contribution < -0.4 is 5.32 Å². The Hall–Kier alpha value is -3.37. The molecule has 0 atom stereocenters. The van der Waals surface area contributed by atoms with E-state index in [-0.39, 0.29) is 23.3 Å². The van der Waals surface area contributed by atoms with E-state index in [9.17, 15) is 24.6 Å². The minimum atomic E-state index is -0.402. The molecule has 3 rings (SSSR count). The summed E-state index contributed by atoms with van der Waals surface area (Å²) in [4.78, 5) is 38.5. The van der Waals surface area contributed by atoms with Crippen molar-refractivity contribution in [3.63, 3.8) is 0 Å². The number of rotatable bonds is 10. The van der Waals surface area contributed by atoms with Gasteiger partial charge in [-0.25, -0.2) is 4.79 Å². The highest BCUT2D eigenvalue weighted by atomic mass is 32.2. The van der Waals surface area contributed by atoms with Gasteiger partial charge >= 0.3 is 5.97 Å². The Morgan fingerprint density at radius 3 is 2.54 bits per heavy atom. The van der Waals surface area contributed by atoms with Gasteiger partial charge in [-0.3, -0.25) is 14.5 Å². The molecule has 1 aliphatic heterocycles. The molecule has 2 amide bonds. The average Bonchev–Trinajstić information content (AvgIpc) is 3.08. The molecule has 8 nitrogen and oxygen atoms in total. The third kappa shape index (κ3) is 7.30. The molecular formula is C25H26N2O6S2. The monoisotopic (exact) mass is 514 g/mol. The zero-order valence-corrected chi connectivity index (χ0v) is 20.8. The maximum absolute atomic E-state index is 12.7. The summed E-state index contributed by atoms with van der Waals surface area (Å²) in [5.74, 6) is -0.940. The third-order valence-electron chi connectivity index (χ3n) is 5.14. The van der Waals surface area contributed by atoms with Gasteiger partial charge in [-0.2, -0.15) is 0 Å².